The van der Waals surface area contributed by atoms with Gasteiger partial charge in [-0.1, -0.05) is 12.1 Å². The summed E-state index contributed by atoms with van der Waals surface area (Å²) in [7, 11) is 0. The Kier molecular flexibility index (Phi) is 4.56. The average Bonchev–Trinajstić information content (AvgIpc) is 3.07. The van der Waals surface area contributed by atoms with E-state index < -0.39 is 18.2 Å². The highest BCUT2D eigenvalue weighted by atomic mass is 16.7. The van der Waals surface area contributed by atoms with Crippen molar-refractivity contribution in [2.24, 2.45) is 0 Å². The van der Waals surface area contributed by atoms with Crippen molar-refractivity contribution in [2.75, 3.05) is 6.61 Å². The van der Waals surface area contributed by atoms with Crippen LogP contribution in [-0.2, 0) is 23.8 Å². The molecule has 0 N–H and O–H groups in total. The van der Waals surface area contributed by atoms with Crippen molar-refractivity contribution < 1.29 is 23.8 Å². The Bertz CT molecular complexity index is 894. The van der Waals surface area contributed by atoms with Gasteiger partial charge in [0.05, 0.1) is 17.6 Å². The number of fused-ring (bicyclic) bond motifs is 1. The third-order valence-electron chi connectivity index (χ3n) is 3.70. The number of nitrogens with zero attached hydrogens (tertiary/aromatic N) is 2. The smallest absolute Gasteiger partial charge is 0.358 e. The molecular formula is C18H18N2O5. The van der Waals surface area contributed by atoms with Crippen molar-refractivity contribution in [1.29, 1.82) is 0 Å². The molecule has 0 saturated heterocycles. The third-order valence-corrected chi connectivity index (χ3v) is 3.70. The molecule has 1 atom stereocenters. The molecular weight excluding hydrogens is 324 g/mol. The summed E-state index contributed by atoms with van der Waals surface area (Å²) in [5, 5.41) is 0. The lowest BCUT2D eigenvalue weighted by atomic mass is 10.3. The number of ether oxygens (including phenoxy) is 3. The van der Waals surface area contributed by atoms with E-state index in [0.29, 0.717) is 11.4 Å². The summed E-state index contributed by atoms with van der Waals surface area (Å²) in [6.07, 6.45) is 1.92. The van der Waals surface area contributed by atoms with Gasteiger partial charge in [0.2, 0.25) is 0 Å². The molecule has 7 nitrogen and oxygen atoms in total. The fourth-order valence-corrected chi connectivity index (χ4v) is 2.55. The SMILES string of the molecule is CCOC(=O)/C(=C/OC1C=C(C)C(=O)O1)n1c(C)nc2ccccc21. The van der Waals surface area contributed by atoms with Crippen LogP contribution in [0.4, 0.5) is 0 Å². The number of para-hydroxylation sites is 2. The lowest BCUT2D eigenvalue weighted by molar-refractivity contribution is -0.152. The zero-order valence-electron chi connectivity index (χ0n) is 14.2. The van der Waals surface area contributed by atoms with Crippen molar-refractivity contribution in [3.05, 3.63) is 48.0 Å². The maximum Gasteiger partial charge on any atom is 0.358 e. The summed E-state index contributed by atoms with van der Waals surface area (Å²) in [6, 6.07) is 7.43. The zero-order chi connectivity index (χ0) is 18.0. The first-order valence-corrected chi connectivity index (χ1v) is 7.88. The van der Waals surface area contributed by atoms with E-state index in [1.54, 1.807) is 31.4 Å². The van der Waals surface area contributed by atoms with Gasteiger partial charge in [-0.25, -0.2) is 14.6 Å². The predicted octanol–water partition coefficient (Wildman–Crippen LogP) is 2.55. The minimum Gasteiger partial charge on any atom is -0.461 e. The molecule has 1 aliphatic heterocycles. The van der Waals surface area contributed by atoms with Gasteiger partial charge in [-0.2, -0.15) is 0 Å². The van der Waals surface area contributed by atoms with Crippen LogP contribution in [0.15, 0.2) is 42.2 Å². The molecule has 0 radical (unpaired) electrons. The van der Waals surface area contributed by atoms with Gasteiger partial charge in [-0.15, -0.1) is 0 Å². The molecule has 0 saturated carbocycles. The van der Waals surface area contributed by atoms with Gasteiger partial charge in [0.15, 0.2) is 5.70 Å². The van der Waals surface area contributed by atoms with E-state index in [0.717, 1.165) is 11.0 Å². The number of aryl methyl sites for hydroxylation is 1. The van der Waals surface area contributed by atoms with E-state index in [2.05, 4.69) is 4.98 Å². The fourth-order valence-electron chi connectivity index (χ4n) is 2.55. The third kappa shape index (κ3) is 3.26. The summed E-state index contributed by atoms with van der Waals surface area (Å²) in [5.41, 5.74) is 2.11. The van der Waals surface area contributed by atoms with Crippen LogP contribution in [0, 0.1) is 6.92 Å². The minimum absolute atomic E-state index is 0.155. The van der Waals surface area contributed by atoms with Crippen LogP contribution in [0.25, 0.3) is 16.7 Å². The Morgan fingerprint density at radius 2 is 2.12 bits per heavy atom. The predicted molar refractivity (Wildman–Crippen MR) is 90.1 cm³/mol. The molecule has 2 aromatic rings. The Labute approximate surface area is 144 Å². The molecule has 3 rings (SSSR count). The summed E-state index contributed by atoms with van der Waals surface area (Å²) in [4.78, 5) is 28.3. The van der Waals surface area contributed by atoms with Crippen LogP contribution in [0.2, 0.25) is 0 Å². The number of aromatic nitrogens is 2. The highest BCUT2D eigenvalue weighted by molar-refractivity contribution is 6.11. The van der Waals surface area contributed by atoms with Gasteiger partial charge in [0.25, 0.3) is 6.29 Å². The Hall–Kier alpha value is -3.09. The van der Waals surface area contributed by atoms with Gasteiger partial charge >= 0.3 is 11.9 Å². The Balaban J connectivity index is 2.00. The number of hydrogen-bond acceptors (Lipinski definition) is 6. The van der Waals surface area contributed by atoms with Crippen molar-refractivity contribution in [3.8, 4) is 0 Å². The Morgan fingerprint density at radius 1 is 1.36 bits per heavy atom. The number of carbonyl (C=O) groups is 2. The van der Waals surface area contributed by atoms with Crippen LogP contribution < -0.4 is 0 Å². The number of imidazole rings is 1. The van der Waals surface area contributed by atoms with Crippen LogP contribution >= 0.6 is 0 Å². The molecule has 1 unspecified atom stereocenters. The molecule has 2 heterocycles. The molecule has 1 aliphatic rings. The first-order valence-electron chi connectivity index (χ1n) is 7.88. The number of rotatable bonds is 5. The molecule has 0 bridgehead atoms. The quantitative estimate of drug-likeness (QED) is 0.472. The summed E-state index contributed by atoms with van der Waals surface area (Å²) >= 11 is 0. The summed E-state index contributed by atoms with van der Waals surface area (Å²) in [6.45, 7) is 5.36. The first-order chi connectivity index (χ1) is 12.0. The van der Waals surface area contributed by atoms with Gasteiger partial charge in [0.1, 0.15) is 12.1 Å². The minimum atomic E-state index is -0.869. The van der Waals surface area contributed by atoms with Crippen molar-refractivity contribution in [2.45, 2.75) is 27.1 Å². The molecule has 1 aromatic carbocycles. The van der Waals surface area contributed by atoms with E-state index >= 15 is 0 Å². The van der Waals surface area contributed by atoms with Gasteiger partial charge < -0.3 is 14.2 Å². The summed E-state index contributed by atoms with van der Waals surface area (Å²) < 4.78 is 17.3. The second-order valence-corrected chi connectivity index (χ2v) is 5.47. The lowest BCUT2D eigenvalue weighted by Crippen LogP contribution is -2.16. The van der Waals surface area contributed by atoms with E-state index in [9.17, 15) is 9.59 Å². The van der Waals surface area contributed by atoms with Crippen molar-refractivity contribution >= 4 is 28.7 Å². The maximum atomic E-state index is 12.4. The second-order valence-electron chi connectivity index (χ2n) is 5.47. The van der Waals surface area contributed by atoms with Crippen LogP contribution in [0.3, 0.4) is 0 Å². The maximum absolute atomic E-state index is 12.4. The van der Waals surface area contributed by atoms with E-state index in [1.165, 1.54) is 6.26 Å². The molecule has 25 heavy (non-hydrogen) atoms. The molecule has 0 aliphatic carbocycles. The zero-order valence-corrected chi connectivity index (χ0v) is 14.2. The van der Waals surface area contributed by atoms with E-state index in [4.69, 9.17) is 14.2 Å². The highest BCUT2D eigenvalue weighted by Gasteiger charge is 2.24. The normalized spacial score (nSPS) is 17.4. The largest absolute Gasteiger partial charge is 0.461 e. The van der Waals surface area contributed by atoms with Gasteiger partial charge in [-0.05, 0) is 32.9 Å². The standard InChI is InChI=1S/C18H18N2O5/c1-4-23-18(22)15(10-24-16-9-11(2)17(21)25-16)20-12(3)19-13-7-5-6-8-14(13)20/h5-10,16H,4H2,1-3H3/b15-10-. The Morgan fingerprint density at radius 3 is 2.80 bits per heavy atom. The van der Waals surface area contributed by atoms with Crippen LogP contribution in [-0.4, -0.2) is 34.4 Å². The monoisotopic (exact) mass is 342 g/mol. The highest BCUT2D eigenvalue weighted by Crippen LogP contribution is 2.22. The van der Waals surface area contributed by atoms with Crippen molar-refractivity contribution in [1.82, 2.24) is 9.55 Å². The summed E-state index contributed by atoms with van der Waals surface area (Å²) in [5.74, 6) is -0.390. The second kappa shape index (κ2) is 6.80. The lowest BCUT2D eigenvalue weighted by Gasteiger charge is -2.13. The van der Waals surface area contributed by atoms with Crippen LogP contribution in [0.5, 0.6) is 0 Å². The van der Waals surface area contributed by atoms with Crippen LogP contribution in [0.1, 0.15) is 19.7 Å². The average molecular weight is 342 g/mol. The number of esters is 2. The molecule has 1 aromatic heterocycles. The van der Waals surface area contributed by atoms with Gasteiger partial charge in [0, 0.05) is 11.6 Å². The number of carbonyl (C=O) groups excluding carboxylic acids is 2. The topological polar surface area (TPSA) is 79.6 Å². The molecule has 0 amide bonds. The fraction of sp³-hybridized carbons (Fsp3) is 0.278. The number of hydrogen-bond donors (Lipinski definition) is 0. The van der Waals surface area contributed by atoms with Gasteiger partial charge in [-0.3, -0.25) is 4.57 Å². The first kappa shape index (κ1) is 16.8. The number of cyclic esters (lactones) is 1. The molecule has 0 spiro atoms. The van der Waals surface area contributed by atoms with Crippen molar-refractivity contribution in [3.63, 3.8) is 0 Å². The molecule has 130 valence electrons. The number of benzene rings is 1. The molecule has 7 heteroatoms. The molecule has 0 fully saturated rings. The van der Waals surface area contributed by atoms with E-state index in [-0.39, 0.29) is 12.3 Å². The van der Waals surface area contributed by atoms with E-state index in [1.807, 2.05) is 24.3 Å².